The number of aromatic nitrogens is 1. The number of hydrogen-bond donors (Lipinski definition) is 3. The molecule has 220 valence electrons. The Morgan fingerprint density at radius 3 is 2.44 bits per heavy atom. The van der Waals surface area contributed by atoms with E-state index in [2.05, 4.69) is 33.1 Å². The Balaban J connectivity index is 0.00000462. The maximum absolute atomic E-state index is 13.3. The summed E-state index contributed by atoms with van der Waals surface area (Å²) in [6.07, 6.45) is 0. The summed E-state index contributed by atoms with van der Waals surface area (Å²) in [5.41, 5.74) is 5.43. The first-order valence-corrected chi connectivity index (χ1v) is 14.3. The zero-order chi connectivity index (χ0) is 28.6. The van der Waals surface area contributed by atoms with Crippen molar-refractivity contribution >= 4 is 47.2 Å². The van der Waals surface area contributed by atoms with E-state index < -0.39 is 0 Å². The molecule has 0 fully saturated rings. The van der Waals surface area contributed by atoms with Crippen molar-refractivity contribution in [1.29, 1.82) is 0 Å². The van der Waals surface area contributed by atoms with Gasteiger partial charge in [0.25, 0.3) is 11.8 Å². The van der Waals surface area contributed by atoms with Crippen molar-refractivity contribution in [2.24, 2.45) is 0 Å². The third kappa shape index (κ3) is 8.04. The van der Waals surface area contributed by atoms with E-state index in [9.17, 15) is 14.4 Å². The second-order valence-electron chi connectivity index (χ2n) is 9.68. The van der Waals surface area contributed by atoms with Crippen LogP contribution in [-0.2, 0) is 22.7 Å². The van der Waals surface area contributed by atoms with Crippen LogP contribution in [0.1, 0.15) is 34.1 Å². The van der Waals surface area contributed by atoms with Crippen molar-refractivity contribution < 1.29 is 14.4 Å². The number of fused-ring (bicyclic) bond motifs is 1. The van der Waals surface area contributed by atoms with E-state index in [1.807, 2.05) is 49.2 Å². The van der Waals surface area contributed by atoms with Gasteiger partial charge >= 0.3 is 0 Å². The van der Waals surface area contributed by atoms with Crippen LogP contribution in [0.15, 0.2) is 47.8 Å². The fourth-order valence-corrected chi connectivity index (χ4v) is 5.30. The Bertz CT molecular complexity index is 1340. The van der Waals surface area contributed by atoms with Gasteiger partial charge in [0.15, 0.2) is 0 Å². The summed E-state index contributed by atoms with van der Waals surface area (Å²) in [5, 5.41) is 15.2. The van der Waals surface area contributed by atoms with Gasteiger partial charge in [0.2, 0.25) is 5.91 Å². The second-order valence-corrected chi connectivity index (χ2v) is 10.5. The Kier molecular flexibility index (Phi) is 11.7. The molecule has 3 aromatic rings. The SMILES string of the molecule is CCNCCN(CC(=O)N(C)N1Cc2ccccc2C1)C(=O)CNc1cc(-c2nc(C(=O)NC)cs2)ccc1C.Cl. The summed E-state index contributed by atoms with van der Waals surface area (Å²) in [6.45, 7) is 7.16. The van der Waals surface area contributed by atoms with Gasteiger partial charge < -0.3 is 20.9 Å². The standard InChI is InChI=1S/C29H37N7O3S.ClH/c1-5-31-12-13-35(18-27(38)34(4)36-16-22-8-6-7-9-23(22)17-36)26(37)15-32-24-14-21(11-10-20(24)2)29-33-25(19-40-29)28(39)30-3;/h6-11,14,19,31-32H,5,12-13,15-18H2,1-4H3,(H,30,39);1H. The monoisotopic (exact) mass is 599 g/mol. The first-order valence-electron chi connectivity index (χ1n) is 13.4. The Morgan fingerprint density at radius 1 is 1.07 bits per heavy atom. The number of carbonyl (C=O) groups is 3. The molecule has 12 heteroatoms. The van der Waals surface area contributed by atoms with Crippen LogP contribution >= 0.6 is 23.7 Å². The Labute approximate surface area is 251 Å². The molecule has 0 saturated carbocycles. The number of benzene rings is 2. The lowest BCUT2D eigenvalue weighted by Gasteiger charge is -2.31. The highest BCUT2D eigenvalue weighted by molar-refractivity contribution is 7.13. The largest absolute Gasteiger partial charge is 0.376 e. The number of anilines is 1. The fraction of sp³-hybridized carbons (Fsp3) is 0.379. The highest BCUT2D eigenvalue weighted by Crippen LogP contribution is 2.28. The molecule has 3 N–H and O–H groups in total. The number of rotatable bonds is 12. The van der Waals surface area contributed by atoms with E-state index in [0.717, 1.165) is 28.4 Å². The van der Waals surface area contributed by atoms with Crippen LogP contribution in [0.2, 0.25) is 0 Å². The second kappa shape index (κ2) is 14.9. The Morgan fingerprint density at radius 2 is 1.78 bits per heavy atom. The van der Waals surface area contributed by atoms with Crippen LogP contribution in [0.4, 0.5) is 5.69 Å². The minimum Gasteiger partial charge on any atom is -0.376 e. The first kappa shape index (κ1) is 32.0. The lowest BCUT2D eigenvalue weighted by atomic mass is 10.1. The maximum Gasteiger partial charge on any atom is 0.270 e. The molecule has 1 aliphatic heterocycles. The summed E-state index contributed by atoms with van der Waals surface area (Å²) in [6, 6.07) is 14.0. The molecule has 0 aliphatic carbocycles. The molecule has 0 unspecified atom stereocenters. The number of halogens is 1. The van der Waals surface area contributed by atoms with Crippen LogP contribution in [0.25, 0.3) is 10.6 Å². The maximum atomic E-state index is 13.3. The number of aryl methyl sites for hydroxylation is 1. The van der Waals surface area contributed by atoms with Crippen LogP contribution in [-0.4, -0.2) is 84.4 Å². The zero-order valence-electron chi connectivity index (χ0n) is 23.9. The molecule has 2 aromatic carbocycles. The third-order valence-corrected chi connectivity index (χ3v) is 7.87. The molecule has 0 atom stereocenters. The molecule has 0 saturated heterocycles. The predicted molar refractivity (Wildman–Crippen MR) is 165 cm³/mol. The third-order valence-electron chi connectivity index (χ3n) is 6.98. The lowest BCUT2D eigenvalue weighted by molar-refractivity contribution is -0.151. The highest BCUT2D eigenvalue weighted by atomic mass is 35.5. The van der Waals surface area contributed by atoms with E-state index in [1.165, 1.54) is 22.5 Å². The number of carbonyl (C=O) groups excluding carboxylic acids is 3. The molecule has 10 nitrogen and oxygen atoms in total. The molecular weight excluding hydrogens is 562 g/mol. The normalized spacial score (nSPS) is 12.3. The summed E-state index contributed by atoms with van der Waals surface area (Å²) >= 11 is 1.39. The van der Waals surface area contributed by atoms with Gasteiger partial charge in [-0.25, -0.2) is 9.99 Å². The Hall–Kier alpha value is -3.51. The average Bonchev–Trinajstić information content (AvgIpc) is 3.63. The molecule has 0 radical (unpaired) electrons. The van der Waals surface area contributed by atoms with E-state index in [0.29, 0.717) is 31.9 Å². The van der Waals surface area contributed by atoms with Gasteiger partial charge in [0.05, 0.1) is 6.54 Å². The highest BCUT2D eigenvalue weighted by Gasteiger charge is 2.27. The molecule has 41 heavy (non-hydrogen) atoms. The predicted octanol–water partition coefficient (Wildman–Crippen LogP) is 3.14. The summed E-state index contributed by atoms with van der Waals surface area (Å²) in [5.74, 6) is -0.525. The van der Waals surface area contributed by atoms with Crippen molar-refractivity contribution in [3.63, 3.8) is 0 Å². The van der Waals surface area contributed by atoms with Crippen molar-refractivity contribution in [2.75, 3.05) is 52.1 Å². The van der Waals surface area contributed by atoms with Crippen LogP contribution in [0.5, 0.6) is 0 Å². The molecule has 1 aromatic heterocycles. The number of hydrogen-bond acceptors (Lipinski definition) is 8. The van der Waals surface area contributed by atoms with Gasteiger partial charge in [0.1, 0.15) is 17.2 Å². The summed E-state index contributed by atoms with van der Waals surface area (Å²) in [7, 11) is 3.34. The topological polar surface area (TPSA) is 110 Å². The van der Waals surface area contributed by atoms with Crippen LogP contribution in [0.3, 0.4) is 0 Å². The molecule has 1 aliphatic rings. The number of nitrogens with one attached hydrogen (secondary N) is 3. The minimum atomic E-state index is -0.231. The minimum absolute atomic E-state index is 0. The molecular formula is C29H38ClN7O3S. The van der Waals surface area contributed by atoms with Crippen molar-refractivity contribution in [1.82, 2.24) is 30.5 Å². The number of amides is 3. The molecule has 4 rings (SSSR count). The molecule has 3 amide bonds. The van der Waals surface area contributed by atoms with Crippen LogP contribution in [0, 0.1) is 6.92 Å². The van der Waals surface area contributed by atoms with E-state index in [4.69, 9.17) is 0 Å². The molecule has 2 heterocycles. The van der Waals surface area contributed by atoms with Crippen LogP contribution < -0.4 is 16.0 Å². The van der Waals surface area contributed by atoms with Gasteiger partial charge in [-0.2, -0.15) is 0 Å². The summed E-state index contributed by atoms with van der Waals surface area (Å²) in [4.78, 5) is 44.5. The van der Waals surface area contributed by atoms with E-state index >= 15 is 0 Å². The molecule has 0 spiro atoms. The van der Waals surface area contributed by atoms with Gasteiger partial charge in [-0.05, 0) is 36.2 Å². The number of likely N-dealkylation sites (N-methyl/N-ethyl adjacent to an activating group) is 2. The number of thiazole rings is 1. The van der Waals surface area contributed by atoms with Crippen molar-refractivity contribution in [3.05, 3.63) is 70.2 Å². The van der Waals surface area contributed by atoms with Gasteiger partial charge in [-0.3, -0.25) is 19.4 Å². The zero-order valence-corrected chi connectivity index (χ0v) is 25.5. The van der Waals surface area contributed by atoms with Gasteiger partial charge in [0, 0.05) is 56.9 Å². The fourth-order valence-electron chi connectivity index (χ4n) is 4.50. The lowest BCUT2D eigenvalue weighted by Crippen LogP contribution is -2.49. The number of nitrogens with zero attached hydrogens (tertiary/aromatic N) is 4. The summed E-state index contributed by atoms with van der Waals surface area (Å²) < 4.78 is 0. The smallest absolute Gasteiger partial charge is 0.270 e. The van der Waals surface area contributed by atoms with E-state index in [1.54, 1.807) is 29.4 Å². The molecule has 0 bridgehead atoms. The van der Waals surface area contributed by atoms with Crippen molar-refractivity contribution in [2.45, 2.75) is 26.9 Å². The number of hydrazine groups is 1. The van der Waals surface area contributed by atoms with E-state index in [-0.39, 0.29) is 43.2 Å². The quantitative estimate of drug-likeness (QED) is 0.274. The van der Waals surface area contributed by atoms with Crippen molar-refractivity contribution in [3.8, 4) is 10.6 Å². The van der Waals surface area contributed by atoms with Gasteiger partial charge in [-0.1, -0.05) is 43.3 Å². The van der Waals surface area contributed by atoms with Gasteiger partial charge in [-0.15, -0.1) is 23.7 Å². The average molecular weight is 600 g/mol. The first-order chi connectivity index (χ1) is 19.3.